The number of rotatable bonds is 4. The number of piperidine rings is 1. The molecule has 8 heteroatoms. The highest BCUT2D eigenvalue weighted by Crippen LogP contribution is 2.35. The van der Waals surface area contributed by atoms with Crippen LogP contribution in [0, 0.1) is 5.92 Å². The summed E-state index contributed by atoms with van der Waals surface area (Å²) in [6, 6.07) is 7.74. The van der Waals surface area contributed by atoms with E-state index in [2.05, 4.69) is 10.3 Å². The predicted molar refractivity (Wildman–Crippen MR) is 122 cm³/mol. The van der Waals surface area contributed by atoms with Gasteiger partial charge in [-0.25, -0.2) is 8.42 Å². The Labute approximate surface area is 182 Å². The molecule has 0 bridgehead atoms. The first-order valence-corrected chi connectivity index (χ1v) is 12.6. The van der Waals surface area contributed by atoms with E-state index in [0.717, 1.165) is 35.1 Å². The third-order valence-electron chi connectivity index (χ3n) is 6.94. The number of amides is 1. The second kappa shape index (κ2) is 7.91. The van der Waals surface area contributed by atoms with Crippen molar-refractivity contribution in [2.45, 2.75) is 50.5 Å². The number of hydrogen-bond acceptors (Lipinski definition) is 4. The fourth-order valence-electron chi connectivity index (χ4n) is 5.05. The van der Waals surface area contributed by atoms with Gasteiger partial charge >= 0.3 is 0 Å². The lowest BCUT2D eigenvalue weighted by atomic mass is 9.88. The van der Waals surface area contributed by atoms with Crippen LogP contribution in [0.25, 0.3) is 17.0 Å². The number of sulfonamides is 1. The van der Waals surface area contributed by atoms with Gasteiger partial charge in [-0.1, -0.05) is 37.5 Å². The Bertz CT molecular complexity index is 1150. The molecule has 164 valence electrons. The number of benzene rings is 1. The van der Waals surface area contributed by atoms with E-state index in [1.807, 2.05) is 30.5 Å². The molecule has 0 radical (unpaired) electrons. The van der Waals surface area contributed by atoms with Crippen LogP contribution < -0.4 is 5.32 Å². The first-order valence-electron chi connectivity index (χ1n) is 11.1. The van der Waals surface area contributed by atoms with E-state index in [0.29, 0.717) is 31.8 Å². The van der Waals surface area contributed by atoms with Crippen LogP contribution in [0.3, 0.4) is 0 Å². The van der Waals surface area contributed by atoms with Crippen molar-refractivity contribution in [3.05, 3.63) is 41.4 Å². The molecule has 5 rings (SSSR count). The molecule has 31 heavy (non-hydrogen) atoms. The van der Waals surface area contributed by atoms with Crippen LogP contribution in [0.4, 0.5) is 0 Å². The lowest BCUT2D eigenvalue weighted by Gasteiger charge is -2.34. The quantitative estimate of drug-likeness (QED) is 0.763. The summed E-state index contributed by atoms with van der Waals surface area (Å²) in [5.41, 5.74) is 0.952. The SMILES string of the molecule is O=C1NC(C2CCCCC2)=NC12CCN(S(=O)(=O)C=Cc1cccc3cc[nH]c13)CC2. The van der Waals surface area contributed by atoms with E-state index in [1.54, 1.807) is 6.08 Å². The number of amidine groups is 1. The molecule has 1 spiro atoms. The van der Waals surface area contributed by atoms with Gasteiger partial charge in [0.2, 0.25) is 10.0 Å². The second-order valence-corrected chi connectivity index (χ2v) is 10.7. The van der Waals surface area contributed by atoms with Gasteiger partial charge in [-0.05, 0) is 48.8 Å². The highest BCUT2D eigenvalue weighted by molar-refractivity contribution is 7.92. The third kappa shape index (κ3) is 3.83. The summed E-state index contributed by atoms with van der Waals surface area (Å²) in [7, 11) is -3.57. The van der Waals surface area contributed by atoms with Gasteiger partial charge in [0.05, 0.1) is 5.52 Å². The smallest absolute Gasteiger partial charge is 0.253 e. The third-order valence-corrected chi connectivity index (χ3v) is 8.50. The summed E-state index contributed by atoms with van der Waals surface area (Å²) in [6.07, 6.45) is 10.1. The van der Waals surface area contributed by atoms with Crippen molar-refractivity contribution in [3.8, 4) is 0 Å². The van der Waals surface area contributed by atoms with Gasteiger partial charge in [-0.2, -0.15) is 4.31 Å². The van der Waals surface area contributed by atoms with Crippen LogP contribution in [0.1, 0.15) is 50.5 Å². The maximum Gasteiger partial charge on any atom is 0.253 e. The summed E-state index contributed by atoms with van der Waals surface area (Å²) in [4.78, 5) is 20.7. The zero-order chi connectivity index (χ0) is 21.5. The van der Waals surface area contributed by atoms with Crippen molar-refractivity contribution in [1.29, 1.82) is 0 Å². The number of aliphatic imine (C=N–C) groups is 1. The molecule has 2 aromatic rings. The molecule has 1 saturated heterocycles. The first-order chi connectivity index (χ1) is 15.0. The fraction of sp³-hybridized carbons (Fsp3) is 0.478. The normalized spacial score (nSPS) is 23.0. The van der Waals surface area contributed by atoms with Crippen LogP contribution >= 0.6 is 0 Å². The zero-order valence-electron chi connectivity index (χ0n) is 17.5. The molecule has 3 aliphatic rings. The van der Waals surface area contributed by atoms with Crippen molar-refractivity contribution in [2.24, 2.45) is 10.9 Å². The van der Waals surface area contributed by atoms with Gasteiger partial charge in [0.15, 0.2) is 0 Å². The molecular weight excluding hydrogens is 412 g/mol. The number of H-pyrrole nitrogens is 1. The Morgan fingerprint density at radius 3 is 2.65 bits per heavy atom. The first kappa shape index (κ1) is 20.5. The van der Waals surface area contributed by atoms with Gasteiger partial charge in [-0.3, -0.25) is 9.79 Å². The lowest BCUT2D eigenvalue weighted by molar-refractivity contribution is -0.124. The zero-order valence-corrected chi connectivity index (χ0v) is 18.3. The Morgan fingerprint density at radius 1 is 1.10 bits per heavy atom. The average Bonchev–Trinajstić information content (AvgIpc) is 3.39. The minimum absolute atomic E-state index is 0.0564. The van der Waals surface area contributed by atoms with Crippen LogP contribution in [-0.2, 0) is 14.8 Å². The summed E-state index contributed by atoms with van der Waals surface area (Å²) >= 11 is 0. The van der Waals surface area contributed by atoms with Gasteiger partial charge < -0.3 is 10.3 Å². The number of para-hydroxylation sites is 1. The standard InChI is InChI=1S/C23H28N4O3S/c28-22-23(26-21(25-22)19-5-2-1-3-6-19)11-14-27(15-12-23)31(29,30)16-10-18-8-4-7-17-9-13-24-20(17)18/h4,7-10,13,16,19,24H,1-3,5-6,11-12,14-15H2,(H,25,26,28). The van der Waals surface area contributed by atoms with Gasteiger partial charge in [0, 0.05) is 30.6 Å². The van der Waals surface area contributed by atoms with Gasteiger partial charge in [-0.15, -0.1) is 0 Å². The molecule has 0 atom stereocenters. The van der Waals surface area contributed by atoms with E-state index in [4.69, 9.17) is 4.99 Å². The van der Waals surface area contributed by atoms with E-state index in [9.17, 15) is 13.2 Å². The molecule has 2 aliphatic heterocycles. The number of aromatic nitrogens is 1. The van der Waals surface area contributed by atoms with E-state index in [-0.39, 0.29) is 5.91 Å². The van der Waals surface area contributed by atoms with E-state index >= 15 is 0 Å². The van der Waals surface area contributed by atoms with Crippen molar-refractivity contribution in [3.63, 3.8) is 0 Å². The number of nitrogens with one attached hydrogen (secondary N) is 2. The summed E-state index contributed by atoms with van der Waals surface area (Å²) in [6.45, 7) is 0.600. The Hall–Kier alpha value is -2.45. The highest BCUT2D eigenvalue weighted by Gasteiger charge is 2.48. The van der Waals surface area contributed by atoms with E-state index < -0.39 is 15.6 Å². The fourth-order valence-corrected chi connectivity index (χ4v) is 6.24. The molecule has 1 aromatic carbocycles. The molecule has 2 fully saturated rings. The van der Waals surface area contributed by atoms with Crippen molar-refractivity contribution in [2.75, 3.05) is 13.1 Å². The molecular formula is C23H28N4O3S. The highest BCUT2D eigenvalue weighted by atomic mass is 32.2. The minimum atomic E-state index is -3.57. The second-order valence-electron chi connectivity index (χ2n) is 8.85. The number of hydrogen-bond donors (Lipinski definition) is 2. The molecule has 3 heterocycles. The summed E-state index contributed by atoms with van der Waals surface area (Å²) < 4.78 is 27.3. The number of carbonyl (C=O) groups excluding carboxylic acids is 1. The van der Waals surface area contributed by atoms with Crippen LogP contribution in [0.5, 0.6) is 0 Å². The van der Waals surface area contributed by atoms with Crippen LogP contribution in [-0.4, -0.2) is 48.1 Å². The van der Waals surface area contributed by atoms with Crippen molar-refractivity contribution in [1.82, 2.24) is 14.6 Å². The van der Waals surface area contributed by atoms with Crippen molar-refractivity contribution < 1.29 is 13.2 Å². The maximum atomic E-state index is 12.9. The van der Waals surface area contributed by atoms with Crippen LogP contribution in [0.15, 0.2) is 40.9 Å². The Morgan fingerprint density at radius 2 is 1.87 bits per heavy atom. The average molecular weight is 441 g/mol. The predicted octanol–water partition coefficient (Wildman–Crippen LogP) is 3.41. The van der Waals surface area contributed by atoms with Crippen LogP contribution in [0.2, 0.25) is 0 Å². The molecule has 1 amide bonds. The molecule has 1 aromatic heterocycles. The van der Waals surface area contributed by atoms with Crippen molar-refractivity contribution >= 4 is 38.7 Å². The van der Waals surface area contributed by atoms with Gasteiger partial charge in [0.25, 0.3) is 5.91 Å². The molecule has 1 saturated carbocycles. The number of nitrogens with zero attached hydrogens (tertiary/aromatic N) is 2. The number of carbonyl (C=O) groups is 1. The minimum Gasteiger partial charge on any atom is -0.361 e. The summed E-state index contributed by atoms with van der Waals surface area (Å²) in [5.74, 6) is 1.12. The summed E-state index contributed by atoms with van der Waals surface area (Å²) in [5, 5.41) is 5.33. The number of fused-ring (bicyclic) bond motifs is 1. The monoisotopic (exact) mass is 440 g/mol. The largest absolute Gasteiger partial charge is 0.361 e. The molecule has 7 nitrogen and oxygen atoms in total. The molecule has 2 N–H and O–H groups in total. The van der Waals surface area contributed by atoms with Gasteiger partial charge in [0.1, 0.15) is 11.4 Å². The molecule has 0 unspecified atom stereocenters. The topological polar surface area (TPSA) is 94.6 Å². The Kier molecular flexibility index (Phi) is 5.22. The molecule has 1 aliphatic carbocycles. The Balaban J connectivity index is 1.29. The van der Waals surface area contributed by atoms with E-state index in [1.165, 1.54) is 29.0 Å². The number of aromatic amines is 1. The lowest BCUT2D eigenvalue weighted by Crippen LogP contribution is -2.50. The maximum absolute atomic E-state index is 12.9.